The summed E-state index contributed by atoms with van der Waals surface area (Å²) in [4.78, 5) is 20.6. The lowest BCUT2D eigenvalue weighted by Gasteiger charge is -1.98. The third-order valence-electron chi connectivity index (χ3n) is 0.499. The minimum Gasteiger partial charge on any atom is -0.450 e. The number of carbonyl (C=O) groups is 1. The molecule has 0 aromatic heterocycles. The molecule has 0 radical (unpaired) electrons. The fraction of sp³-hybridized carbons (Fsp3) is 0.667. The molecule has 0 aliphatic rings. The van der Waals surface area contributed by atoms with Gasteiger partial charge < -0.3 is 14.5 Å². The van der Waals surface area contributed by atoms with E-state index in [0.717, 1.165) is 0 Å². The van der Waals surface area contributed by atoms with Crippen molar-refractivity contribution in [3.05, 3.63) is 0 Å². The van der Waals surface area contributed by atoms with Crippen molar-refractivity contribution in [1.29, 1.82) is 0 Å². The number of ether oxygens (including phenoxy) is 1. The summed E-state index contributed by atoms with van der Waals surface area (Å²) in [7, 11) is -1.38. The molecule has 0 aliphatic carbocycles. The molecule has 0 saturated heterocycles. The molecule has 8 heavy (non-hydrogen) atoms. The van der Waals surface area contributed by atoms with E-state index in [2.05, 4.69) is 9.72 Å². The van der Waals surface area contributed by atoms with Crippen LogP contribution in [0.2, 0.25) is 0 Å². The Labute approximate surface area is 49.9 Å². The van der Waals surface area contributed by atoms with E-state index < -0.39 is 16.0 Å². The molecule has 2 N–H and O–H groups in total. The monoisotopic (exact) mass is 135 g/mol. The molecule has 0 bridgehead atoms. The average Bonchev–Trinajstić information content (AvgIpc) is 1.68. The highest BCUT2D eigenvalue weighted by Crippen LogP contribution is 1.71. The topological polar surface area (TPSA) is 58.6 Å². The molecule has 48 valence electrons. The summed E-state index contributed by atoms with van der Waals surface area (Å²) >= 11 is 0. The summed E-state index contributed by atoms with van der Waals surface area (Å²) in [6.45, 7) is 2.05. The smallest absolute Gasteiger partial charge is 0.400 e. The predicted molar refractivity (Wildman–Crippen MR) is 30.9 cm³/mol. The molecule has 1 amide bonds. The summed E-state index contributed by atoms with van der Waals surface area (Å²) < 4.78 is 4.41. The van der Waals surface area contributed by atoms with Crippen molar-refractivity contribution < 1.29 is 14.3 Å². The number of nitrogens with one attached hydrogen (secondary N) is 1. The molecule has 0 rings (SSSR count). The van der Waals surface area contributed by atoms with Crippen LogP contribution in [0, 0.1) is 0 Å². The fourth-order valence-corrected chi connectivity index (χ4v) is 0.478. The van der Waals surface area contributed by atoms with Gasteiger partial charge in [-0.15, -0.1) is 0 Å². The van der Waals surface area contributed by atoms with Crippen LogP contribution in [-0.4, -0.2) is 27.4 Å². The van der Waals surface area contributed by atoms with Gasteiger partial charge in [0.1, 0.15) is 0 Å². The van der Waals surface area contributed by atoms with Crippen molar-refractivity contribution in [2.75, 3.05) is 6.61 Å². The molecule has 0 heterocycles. The van der Waals surface area contributed by atoms with Crippen molar-refractivity contribution in [1.82, 2.24) is 4.98 Å². The first-order valence-electron chi connectivity index (χ1n) is 2.32. The molecule has 5 heteroatoms. The standard InChI is InChI=1S/C3H9NO3Si/c1-2-7-3(5)4-8-6/h6H,2,8H2,1H3,(H,4,5). The first kappa shape index (κ1) is 7.45. The first-order valence-corrected chi connectivity index (χ1v) is 3.66. The molecule has 0 saturated carbocycles. The molecule has 0 spiro atoms. The summed E-state index contributed by atoms with van der Waals surface area (Å²) in [5.41, 5.74) is 0. The SMILES string of the molecule is CCOC(=O)N[SiH2]O. The average molecular weight is 135 g/mol. The van der Waals surface area contributed by atoms with Crippen molar-refractivity contribution >= 4 is 16.0 Å². The lowest BCUT2D eigenvalue weighted by Crippen LogP contribution is -2.27. The first-order chi connectivity index (χ1) is 3.81. The van der Waals surface area contributed by atoms with E-state index in [9.17, 15) is 4.79 Å². The molecule has 0 aliphatic heterocycles. The second-order valence-electron chi connectivity index (χ2n) is 1.06. The van der Waals surface area contributed by atoms with E-state index in [1.807, 2.05) is 0 Å². The zero-order valence-electron chi connectivity index (χ0n) is 4.68. The van der Waals surface area contributed by atoms with Gasteiger partial charge in [-0.05, 0) is 6.92 Å². The quantitative estimate of drug-likeness (QED) is 0.464. The van der Waals surface area contributed by atoms with Crippen LogP contribution in [0.25, 0.3) is 0 Å². The van der Waals surface area contributed by atoms with Crippen LogP contribution in [0.3, 0.4) is 0 Å². The largest absolute Gasteiger partial charge is 0.450 e. The van der Waals surface area contributed by atoms with Crippen LogP contribution in [-0.2, 0) is 4.74 Å². The Morgan fingerprint density at radius 3 is 3.00 bits per heavy atom. The normalized spacial score (nSPS) is 9.75. The third kappa shape index (κ3) is 3.63. The van der Waals surface area contributed by atoms with Gasteiger partial charge in [0.25, 0.3) is 9.92 Å². The zero-order chi connectivity index (χ0) is 6.41. The van der Waals surface area contributed by atoms with Crippen LogP contribution in [0.15, 0.2) is 0 Å². The number of rotatable bonds is 2. The highest BCUT2D eigenvalue weighted by atomic mass is 28.2. The van der Waals surface area contributed by atoms with Crippen LogP contribution in [0.5, 0.6) is 0 Å². The minimum atomic E-state index is -1.38. The molecule has 0 aromatic rings. The minimum absolute atomic E-state index is 0.347. The summed E-state index contributed by atoms with van der Waals surface area (Å²) in [5, 5.41) is 0. The van der Waals surface area contributed by atoms with Gasteiger partial charge in [-0.25, -0.2) is 4.79 Å². The van der Waals surface area contributed by atoms with Crippen LogP contribution < -0.4 is 4.98 Å². The van der Waals surface area contributed by atoms with E-state index in [1.165, 1.54) is 0 Å². The number of carbonyl (C=O) groups excluding carboxylic acids is 1. The van der Waals surface area contributed by atoms with E-state index in [1.54, 1.807) is 6.92 Å². The Kier molecular flexibility index (Phi) is 4.28. The van der Waals surface area contributed by atoms with Gasteiger partial charge in [0.2, 0.25) is 0 Å². The van der Waals surface area contributed by atoms with Crippen molar-refractivity contribution in [2.45, 2.75) is 6.92 Å². The second-order valence-corrected chi connectivity index (χ2v) is 1.73. The van der Waals surface area contributed by atoms with Gasteiger partial charge in [-0.1, -0.05) is 0 Å². The summed E-state index contributed by atoms with van der Waals surface area (Å²) in [6, 6.07) is 0. The van der Waals surface area contributed by atoms with Crippen LogP contribution in [0.1, 0.15) is 6.92 Å². The second kappa shape index (κ2) is 4.60. The molecule has 0 atom stereocenters. The summed E-state index contributed by atoms with van der Waals surface area (Å²) in [5.74, 6) is 0. The highest BCUT2D eigenvalue weighted by Gasteiger charge is 1.94. The fourth-order valence-electron chi connectivity index (χ4n) is 0.247. The summed E-state index contributed by atoms with van der Waals surface area (Å²) in [6.07, 6.45) is -0.526. The Morgan fingerprint density at radius 1 is 2.00 bits per heavy atom. The van der Waals surface area contributed by atoms with E-state index in [-0.39, 0.29) is 0 Å². The molecular formula is C3H9NO3Si. The molecule has 0 aromatic carbocycles. The number of amides is 1. The zero-order valence-corrected chi connectivity index (χ0v) is 6.09. The van der Waals surface area contributed by atoms with Gasteiger partial charge in [-0.3, -0.25) is 0 Å². The van der Waals surface area contributed by atoms with Gasteiger partial charge in [0.15, 0.2) is 0 Å². The van der Waals surface area contributed by atoms with Crippen LogP contribution in [0.4, 0.5) is 4.79 Å². The Balaban J connectivity index is 3.06. The van der Waals surface area contributed by atoms with Gasteiger partial charge >= 0.3 is 6.09 Å². The maximum atomic E-state index is 10.2. The van der Waals surface area contributed by atoms with Gasteiger partial charge in [0.05, 0.1) is 6.61 Å². The maximum absolute atomic E-state index is 10.2. The number of hydrogen-bond donors (Lipinski definition) is 2. The van der Waals surface area contributed by atoms with Crippen molar-refractivity contribution in [3.8, 4) is 0 Å². The third-order valence-corrected chi connectivity index (χ3v) is 0.946. The molecule has 0 fully saturated rings. The lowest BCUT2D eigenvalue weighted by molar-refractivity contribution is 0.157. The van der Waals surface area contributed by atoms with Crippen molar-refractivity contribution in [3.63, 3.8) is 0 Å². The van der Waals surface area contributed by atoms with E-state index in [0.29, 0.717) is 6.61 Å². The van der Waals surface area contributed by atoms with Gasteiger partial charge in [-0.2, -0.15) is 0 Å². The Morgan fingerprint density at radius 2 is 2.62 bits per heavy atom. The number of hydrogen-bond acceptors (Lipinski definition) is 3. The molecular weight excluding hydrogens is 126 g/mol. The van der Waals surface area contributed by atoms with Crippen molar-refractivity contribution in [2.24, 2.45) is 0 Å². The highest BCUT2D eigenvalue weighted by molar-refractivity contribution is 6.27. The van der Waals surface area contributed by atoms with E-state index >= 15 is 0 Å². The van der Waals surface area contributed by atoms with Gasteiger partial charge in [0, 0.05) is 0 Å². The predicted octanol–water partition coefficient (Wildman–Crippen LogP) is -1.28. The Bertz CT molecular complexity index is 68.9. The molecule has 0 unspecified atom stereocenters. The Hall–Kier alpha value is -0.553. The molecule has 4 nitrogen and oxygen atoms in total. The maximum Gasteiger partial charge on any atom is 0.400 e. The van der Waals surface area contributed by atoms with E-state index in [4.69, 9.17) is 4.80 Å². The lowest BCUT2D eigenvalue weighted by atomic mass is 10.9. The van der Waals surface area contributed by atoms with Crippen LogP contribution >= 0.6 is 0 Å².